The van der Waals surface area contributed by atoms with Crippen LogP contribution in [-0.2, 0) is 13.0 Å². The number of aryl methyl sites for hydroxylation is 1. The van der Waals surface area contributed by atoms with Crippen LogP contribution in [0.3, 0.4) is 0 Å². The van der Waals surface area contributed by atoms with Crippen molar-refractivity contribution in [3.8, 4) is 23.8 Å². The predicted octanol–water partition coefficient (Wildman–Crippen LogP) is 4.88. The highest BCUT2D eigenvalue weighted by atomic mass is 127. The fraction of sp³-hybridized carbons (Fsp3) is 0.300. The van der Waals surface area contributed by atoms with E-state index in [-0.39, 0.29) is 6.61 Å². The average molecular weight is 435 g/mol. The van der Waals surface area contributed by atoms with Crippen LogP contribution < -0.4 is 14.8 Å². The maximum absolute atomic E-state index is 5.71. The molecule has 0 atom stereocenters. The minimum atomic E-state index is 0.234. The first-order valence-corrected chi connectivity index (χ1v) is 9.10. The van der Waals surface area contributed by atoms with Crippen LogP contribution in [0.2, 0.25) is 0 Å². The number of halogens is 1. The summed E-state index contributed by atoms with van der Waals surface area (Å²) in [7, 11) is 0. The van der Waals surface area contributed by atoms with E-state index < -0.39 is 0 Å². The number of anilines is 1. The average Bonchev–Trinajstić information content (AvgIpc) is 2.60. The van der Waals surface area contributed by atoms with Gasteiger partial charge in [-0.3, -0.25) is 0 Å². The van der Waals surface area contributed by atoms with Gasteiger partial charge >= 0.3 is 0 Å². The third-order valence-electron chi connectivity index (χ3n) is 3.53. The molecule has 0 aliphatic carbocycles. The van der Waals surface area contributed by atoms with E-state index in [4.69, 9.17) is 15.9 Å². The molecule has 0 aliphatic rings. The quantitative estimate of drug-likeness (QED) is 0.474. The summed E-state index contributed by atoms with van der Waals surface area (Å²) in [6, 6.07) is 12.6. The second-order valence-electron chi connectivity index (χ2n) is 5.23. The SMILES string of the molecule is C#CCOc1c(I)cc(CNc2ccc(CC)cc2)cc1OCC. The van der Waals surface area contributed by atoms with Crippen molar-refractivity contribution in [2.45, 2.75) is 26.8 Å². The minimum absolute atomic E-state index is 0.234. The van der Waals surface area contributed by atoms with Crippen LogP contribution in [0.1, 0.15) is 25.0 Å². The van der Waals surface area contributed by atoms with E-state index in [9.17, 15) is 0 Å². The Morgan fingerprint density at radius 3 is 2.46 bits per heavy atom. The van der Waals surface area contributed by atoms with Crippen LogP contribution in [0.25, 0.3) is 0 Å². The fourth-order valence-corrected chi connectivity index (χ4v) is 3.12. The molecule has 0 spiro atoms. The van der Waals surface area contributed by atoms with Gasteiger partial charge in [0.2, 0.25) is 0 Å². The van der Waals surface area contributed by atoms with E-state index >= 15 is 0 Å². The molecule has 0 aromatic heterocycles. The molecule has 0 aliphatic heterocycles. The molecule has 0 radical (unpaired) electrons. The maximum Gasteiger partial charge on any atom is 0.175 e. The van der Waals surface area contributed by atoms with Gasteiger partial charge in [0.15, 0.2) is 11.5 Å². The van der Waals surface area contributed by atoms with E-state index in [0.29, 0.717) is 12.4 Å². The molecule has 2 aromatic carbocycles. The molecule has 0 heterocycles. The smallest absolute Gasteiger partial charge is 0.175 e. The fourth-order valence-electron chi connectivity index (χ4n) is 2.30. The number of rotatable bonds is 8. The predicted molar refractivity (Wildman–Crippen MR) is 108 cm³/mol. The van der Waals surface area contributed by atoms with Gasteiger partial charge < -0.3 is 14.8 Å². The van der Waals surface area contributed by atoms with Crippen molar-refractivity contribution in [3.63, 3.8) is 0 Å². The Morgan fingerprint density at radius 2 is 1.83 bits per heavy atom. The number of hydrogen-bond acceptors (Lipinski definition) is 3. The van der Waals surface area contributed by atoms with E-state index in [1.807, 2.05) is 13.0 Å². The van der Waals surface area contributed by atoms with E-state index in [2.05, 4.69) is 71.1 Å². The zero-order valence-electron chi connectivity index (χ0n) is 14.1. The molecule has 0 amide bonds. The van der Waals surface area contributed by atoms with Crippen LogP contribution in [0.5, 0.6) is 11.5 Å². The van der Waals surface area contributed by atoms with Crippen molar-refractivity contribution in [1.29, 1.82) is 0 Å². The number of terminal acetylenes is 1. The van der Waals surface area contributed by atoms with Crippen molar-refractivity contribution >= 4 is 28.3 Å². The molecule has 3 nitrogen and oxygen atoms in total. The first-order valence-electron chi connectivity index (χ1n) is 8.02. The lowest BCUT2D eigenvalue weighted by molar-refractivity contribution is 0.297. The monoisotopic (exact) mass is 435 g/mol. The van der Waals surface area contributed by atoms with E-state index in [1.54, 1.807) is 0 Å². The second kappa shape index (κ2) is 9.43. The van der Waals surface area contributed by atoms with E-state index in [0.717, 1.165) is 33.5 Å². The summed E-state index contributed by atoms with van der Waals surface area (Å²) in [6.07, 6.45) is 6.34. The Balaban J connectivity index is 2.13. The lowest BCUT2D eigenvalue weighted by atomic mass is 10.1. The highest BCUT2D eigenvalue weighted by Crippen LogP contribution is 2.34. The Hall–Kier alpha value is -1.87. The summed E-state index contributed by atoms with van der Waals surface area (Å²) < 4.78 is 12.3. The summed E-state index contributed by atoms with van der Waals surface area (Å²) in [6.45, 7) is 5.65. The van der Waals surface area contributed by atoms with Gasteiger partial charge in [-0.05, 0) is 71.3 Å². The molecule has 2 aromatic rings. The summed E-state index contributed by atoms with van der Waals surface area (Å²) >= 11 is 2.25. The van der Waals surface area contributed by atoms with Gasteiger partial charge in [-0.2, -0.15) is 0 Å². The maximum atomic E-state index is 5.71. The van der Waals surface area contributed by atoms with Crippen molar-refractivity contribution in [2.75, 3.05) is 18.5 Å². The lowest BCUT2D eigenvalue weighted by Gasteiger charge is -2.15. The molecule has 126 valence electrons. The zero-order chi connectivity index (χ0) is 17.4. The van der Waals surface area contributed by atoms with Gasteiger partial charge in [-0.25, -0.2) is 0 Å². The van der Waals surface area contributed by atoms with Gasteiger partial charge in [-0.1, -0.05) is 25.0 Å². The van der Waals surface area contributed by atoms with Crippen molar-refractivity contribution in [3.05, 3.63) is 51.1 Å². The molecule has 1 N–H and O–H groups in total. The molecule has 2 rings (SSSR count). The molecule has 0 bridgehead atoms. The standard InChI is InChI=1S/C20H22INO2/c1-4-11-24-20-18(21)12-16(13-19(20)23-6-3)14-22-17-9-7-15(5-2)8-10-17/h1,7-10,12-13,22H,5-6,11,14H2,2-3H3. The topological polar surface area (TPSA) is 30.5 Å². The zero-order valence-corrected chi connectivity index (χ0v) is 16.2. The number of benzene rings is 2. The van der Waals surface area contributed by atoms with Gasteiger partial charge in [0.25, 0.3) is 0 Å². The Labute approximate surface area is 157 Å². The number of nitrogens with one attached hydrogen (secondary N) is 1. The van der Waals surface area contributed by atoms with Crippen molar-refractivity contribution in [2.24, 2.45) is 0 Å². The summed E-state index contributed by atoms with van der Waals surface area (Å²) in [4.78, 5) is 0. The second-order valence-corrected chi connectivity index (χ2v) is 6.40. The van der Waals surface area contributed by atoms with Crippen molar-refractivity contribution in [1.82, 2.24) is 0 Å². The summed E-state index contributed by atoms with van der Waals surface area (Å²) in [5.74, 6) is 3.94. The third-order valence-corrected chi connectivity index (χ3v) is 4.33. The van der Waals surface area contributed by atoms with Crippen LogP contribution >= 0.6 is 22.6 Å². The molecule has 0 saturated carbocycles. The molecule has 0 unspecified atom stereocenters. The van der Waals surface area contributed by atoms with Crippen LogP contribution in [0, 0.1) is 15.9 Å². The normalized spacial score (nSPS) is 10.1. The molecule has 24 heavy (non-hydrogen) atoms. The number of hydrogen-bond donors (Lipinski definition) is 1. The van der Waals surface area contributed by atoms with Crippen molar-refractivity contribution < 1.29 is 9.47 Å². The Bertz CT molecular complexity index is 705. The van der Waals surface area contributed by atoms with Gasteiger partial charge in [0.1, 0.15) is 6.61 Å². The first kappa shape index (κ1) is 18.5. The van der Waals surface area contributed by atoms with E-state index in [1.165, 1.54) is 5.56 Å². The molecular formula is C20H22INO2. The molecule has 4 heteroatoms. The minimum Gasteiger partial charge on any atom is -0.490 e. The largest absolute Gasteiger partial charge is 0.490 e. The van der Waals surface area contributed by atoms with Gasteiger partial charge in [-0.15, -0.1) is 6.42 Å². The molecule has 0 saturated heterocycles. The Kier molecular flexibility index (Phi) is 7.26. The van der Waals surface area contributed by atoms with Crippen LogP contribution in [0.4, 0.5) is 5.69 Å². The van der Waals surface area contributed by atoms with Gasteiger partial charge in [0.05, 0.1) is 10.2 Å². The first-order chi connectivity index (χ1) is 11.7. The Morgan fingerprint density at radius 1 is 1.08 bits per heavy atom. The highest BCUT2D eigenvalue weighted by molar-refractivity contribution is 14.1. The lowest BCUT2D eigenvalue weighted by Crippen LogP contribution is -2.05. The summed E-state index contributed by atoms with van der Waals surface area (Å²) in [5.41, 5.74) is 3.58. The molecular weight excluding hydrogens is 413 g/mol. The van der Waals surface area contributed by atoms with Crippen LogP contribution in [-0.4, -0.2) is 13.2 Å². The van der Waals surface area contributed by atoms with Gasteiger partial charge in [0, 0.05) is 12.2 Å². The highest BCUT2D eigenvalue weighted by Gasteiger charge is 2.12. The third kappa shape index (κ3) is 5.07. The molecule has 0 fully saturated rings. The van der Waals surface area contributed by atoms with Crippen LogP contribution in [0.15, 0.2) is 36.4 Å². The number of ether oxygens (including phenoxy) is 2. The summed E-state index contributed by atoms with van der Waals surface area (Å²) in [5, 5.41) is 3.44.